The van der Waals surface area contributed by atoms with Gasteiger partial charge in [0.25, 0.3) is 0 Å². The molecule has 1 aromatic rings. The second-order valence-electron chi connectivity index (χ2n) is 3.60. The Morgan fingerprint density at radius 3 is 2.67 bits per heavy atom. The van der Waals surface area contributed by atoms with Crippen LogP contribution in [0.3, 0.4) is 0 Å². The molecule has 0 aromatic heterocycles. The molecule has 0 bridgehead atoms. The molecule has 1 saturated carbocycles. The van der Waals surface area contributed by atoms with Crippen LogP contribution in [-0.2, 0) is 11.8 Å². The summed E-state index contributed by atoms with van der Waals surface area (Å²) in [5, 5.41) is 0.978. The summed E-state index contributed by atoms with van der Waals surface area (Å²) in [5.41, 5.74) is 2.91. The Bertz CT molecular complexity index is 263. The zero-order chi connectivity index (χ0) is 8.39. The van der Waals surface area contributed by atoms with Gasteiger partial charge in [0.2, 0.25) is 0 Å². The van der Waals surface area contributed by atoms with Gasteiger partial charge in [0.1, 0.15) is 0 Å². The zero-order valence-corrected chi connectivity index (χ0v) is 8.68. The standard InChI is InChI=1S/C11H13Br/c12-8-11-3-1-2-10(7-11)6-9-4-5-9/h1-3,7,9H,4-6,8H2. The minimum atomic E-state index is 0.978. The quantitative estimate of drug-likeness (QED) is 0.690. The molecule has 12 heavy (non-hydrogen) atoms. The lowest BCUT2D eigenvalue weighted by molar-refractivity contribution is 0.831. The molecule has 1 heteroatoms. The Balaban J connectivity index is 2.08. The maximum atomic E-state index is 3.47. The summed E-state index contributed by atoms with van der Waals surface area (Å²) in [6.45, 7) is 0. The monoisotopic (exact) mass is 224 g/mol. The van der Waals surface area contributed by atoms with E-state index in [1.54, 1.807) is 0 Å². The van der Waals surface area contributed by atoms with Crippen molar-refractivity contribution in [1.29, 1.82) is 0 Å². The molecule has 0 atom stereocenters. The Morgan fingerprint density at radius 1 is 1.25 bits per heavy atom. The number of hydrogen-bond donors (Lipinski definition) is 0. The molecule has 1 fully saturated rings. The molecule has 64 valence electrons. The van der Waals surface area contributed by atoms with Gasteiger partial charge in [-0.05, 0) is 36.3 Å². The molecule has 1 aliphatic rings. The average molecular weight is 225 g/mol. The maximum Gasteiger partial charge on any atom is 0.0283 e. The largest absolute Gasteiger partial charge is 0.0876 e. The lowest BCUT2D eigenvalue weighted by Gasteiger charge is -2.01. The van der Waals surface area contributed by atoms with Crippen molar-refractivity contribution in [2.75, 3.05) is 0 Å². The van der Waals surface area contributed by atoms with Gasteiger partial charge in [-0.2, -0.15) is 0 Å². The minimum absolute atomic E-state index is 0.978. The van der Waals surface area contributed by atoms with Crippen LogP contribution in [0.5, 0.6) is 0 Å². The molecular weight excluding hydrogens is 212 g/mol. The molecule has 0 saturated heterocycles. The van der Waals surface area contributed by atoms with Crippen LogP contribution in [0, 0.1) is 5.92 Å². The highest BCUT2D eigenvalue weighted by molar-refractivity contribution is 9.08. The van der Waals surface area contributed by atoms with E-state index in [1.165, 1.54) is 30.4 Å². The SMILES string of the molecule is BrCc1cccc(CC2CC2)c1. The highest BCUT2D eigenvalue weighted by atomic mass is 79.9. The van der Waals surface area contributed by atoms with Crippen LogP contribution in [-0.4, -0.2) is 0 Å². The Kier molecular flexibility index (Phi) is 2.50. The summed E-state index contributed by atoms with van der Waals surface area (Å²) in [4.78, 5) is 0. The maximum absolute atomic E-state index is 3.47. The molecule has 1 aliphatic carbocycles. The normalized spacial score (nSPS) is 16.4. The van der Waals surface area contributed by atoms with Crippen LogP contribution < -0.4 is 0 Å². The number of benzene rings is 1. The number of rotatable bonds is 3. The van der Waals surface area contributed by atoms with E-state index in [1.807, 2.05) is 0 Å². The molecule has 0 heterocycles. The van der Waals surface area contributed by atoms with E-state index < -0.39 is 0 Å². The number of hydrogen-bond acceptors (Lipinski definition) is 0. The van der Waals surface area contributed by atoms with Crippen LogP contribution in [0.2, 0.25) is 0 Å². The predicted molar refractivity (Wildman–Crippen MR) is 55.5 cm³/mol. The van der Waals surface area contributed by atoms with E-state index in [0.29, 0.717) is 0 Å². The summed E-state index contributed by atoms with van der Waals surface area (Å²) in [6.07, 6.45) is 4.18. The van der Waals surface area contributed by atoms with Gasteiger partial charge in [-0.25, -0.2) is 0 Å². The lowest BCUT2D eigenvalue weighted by atomic mass is 10.1. The Morgan fingerprint density at radius 2 is 2.00 bits per heavy atom. The van der Waals surface area contributed by atoms with Crippen molar-refractivity contribution in [2.45, 2.75) is 24.6 Å². The van der Waals surface area contributed by atoms with Crippen molar-refractivity contribution >= 4 is 15.9 Å². The summed E-state index contributed by atoms with van der Waals surface area (Å²) >= 11 is 3.47. The first kappa shape index (κ1) is 8.31. The molecule has 0 amide bonds. The highest BCUT2D eigenvalue weighted by Crippen LogP contribution is 2.32. The molecule has 0 nitrogen and oxygen atoms in total. The van der Waals surface area contributed by atoms with Gasteiger partial charge >= 0.3 is 0 Å². The van der Waals surface area contributed by atoms with Gasteiger partial charge in [0.05, 0.1) is 0 Å². The summed E-state index contributed by atoms with van der Waals surface area (Å²) < 4.78 is 0. The van der Waals surface area contributed by atoms with E-state index in [-0.39, 0.29) is 0 Å². The molecule has 0 spiro atoms. The first-order valence-electron chi connectivity index (χ1n) is 4.52. The van der Waals surface area contributed by atoms with Crippen LogP contribution in [0.15, 0.2) is 24.3 Å². The van der Waals surface area contributed by atoms with Crippen molar-refractivity contribution < 1.29 is 0 Å². The molecule has 0 unspecified atom stereocenters. The first-order chi connectivity index (χ1) is 5.88. The van der Waals surface area contributed by atoms with E-state index in [4.69, 9.17) is 0 Å². The van der Waals surface area contributed by atoms with Crippen LogP contribution >= 0.6 is 15.9 Å². The van der Waals surface area contributed by atoms with Crippen molar-refractivity contribution in [3.8, 4) is 0 Å². The van der Waals surface area contributed by atoms with E-state index in [9.17, 15) is 0 Å². The molecule has 1 aromatic carbocycles. The van der Waals surface area contributed by atoms with Crippen molar-refractivity contribution in [2.24, 2.45) is 5.92 Å². The van der Waals surface area contributed by atoms with Crippen molar-refractivity contribution in [3.63, 3.8) is 0 Å². The second kappa shape index (κ2) is 3.61. The van der Waals surface area contributed by atoms with Gasteiger partial charge in [0, 0.05) is 5.33 Å². The fourth-order valence-corrected chi connectivity index (χ4v) is 1.84. The average Bonchev–Trinajstić information content (AvgIpc) is 2.89. The summed E-state index contributed by atoms with van der Waals surface area (Å²) in [6, 6.07) is 8.89. The van der Waals surface area contributed by atoms with Crippen LogP contribution in [0.1, 0.15) is 24.0 Å². The van der Waals surface area contributed by atoms with Gasteiger partial charge in [-0.1, -0.05) is 40.2 Å². The topological polar surface area (TPSA) is 0 Å². The highest BCUT2D eigenvalue weighted by Gasteiger charge is 2.21. The number of halogens is 1. The van der Waals surface area contributed by atoms with Gasteiger partial charge in [-0.15, -0.1) is 0 Å². The molecule has 0 N–H and O–H groups in total. The van der Waals surface area contributed by atoms with E-state index >= 15 is 0 Å². The lowest BCUT2D eigenvalue weighted by Crippen LogP contribution is -1.87. The van der Waals surface area contributed by atoms with Crippen molar-refractivity contribution in [3.05, 3.63) is 35.4 Å². The van der Waals surface area contributed by atoms with Crippen molar-refractivity contribution in [1.82, 2.24) is 0 Å². The van der Waals surface area contributed by atoms with Crippen LogP contribution in [0.25, 0.3) is 0 Å². The zero-order valence-electron chi connectivity index (χ0n) is 7.09. The number of alkyl halides is 1. The van der Waals surface area contributed by atoms with Gasteiger partial charge in [-0.3, -0.25) is 0 Å². The summed E-state index contributed by atoms with van der Waals surface area (Å²) in [7, 11) is 0. The van der Waals surface area contributed by atoms with Gasteiger partial charge < -0.3 is 0 Å². The third-order valence-electron chi connectivity index (χ3n) is 2.37. The smallest absolute Gasteiger partial charge is 0.0283 e. The molecular formula is C11H13Br. The second-order valence-corrected chi connectivity index (χ2v) is 4.16. The van der Waals surface area contributed by atoms with E-state index in [2.05, 4.69) is 40.2 Å². The molecule has 0 aliphatic heterocycles. The third-order valence-corrected chi connectivity index (χ3v) is 3.01. The predicted octanol–water partition coefficient (Wildman–Crippen LogP) is 3.53. The first-order valence-corrected chi connectivity index (χ1v) is 5.64. The van der Waals surface area contributed by atoms with Crippen LogP contribution in [0.4, 0.5) is 0 Å². The third kappa shape index (κ3) is 2.10. The fourth-order valence-electron chi connectivity index (χ4n) is 1.50. The molecule has 2 rings (SSSR count). The van der Waals surface area contributed by atoms with Gasteiger partial charge in [0.15, 0.2) is 0 Å². The molecule has 0 radical (unpaired) electrons. The Labute approximate surface area is 82.1 Å². The summed E-state index contributed by atoms with van der Waals surface area (Å²) in [5.74, 6) is 0.996. The van der Waals surface area contributed by atoms with E-state index in [0.717, 1.165) is 11.2 Å². The minimum Gasteiger partial charge on any atom is -0.0876 e. The fraction of sp³-hybridized carbons (Fsp3) is 0.455. The Hall–Kier alpha value is -0.300.